The maximum absolute atomic E-state index is 11.6. The van der Waals surface area contributed by atoms with Gasteiger partial charge in [-0.2, -0.15) is 0 Å². The highest BCUT2D eigenvalue weighted by atomic mass is 16.5. The third kappa shape index (κ3) is 4.42. The molecule has 0 N–H and O–H groups in total. The summed E-state index contributed by atoms with van der Waals surface area (Å²) in [6.45, 7) is 3.65. The van der Waals surface area contributed by atoms with Crippen molar-refractivity contribution in [3.63, 3.8) is 0 Å². The minimum absolute atomic E-state index is 0.0415. The van der Waals surface area contributed by atoms with Crippen LogP contribution in [0, 0.1) is 0 Å². The quantitative estimate of drug-likeness (QED) is 0.579. The second-order valence-electron chi connectivity index (χ2n) is 6.41. The Labute approximate surface area is 154 Å². The Morgan fingerprint density at radius 1 is 1.08 bits per heavy atom. The van der Waals surface area contributed by atoms with Gasteiger partial charge in [-0.1, -0.05) is 30.3 Å². The van der Waals surface area contributed by atoms with Gasteiger partial charge in [-0.05, 0) is 37.1 Å². The molecule has 136 valence electrons. The summed E-state index contributed by atoms with van der Waals surface area (Å²) in [4.78, 5) is 18.0. The van der Waals surface area contributed by atoms with Crippen LogP contribution in [0.15, 0.2) is 54.6 Å². The zero-order valence-corrected chi connectivity index (χ0v) is 15.4. The van der Waals surface area contributed by atoms with Gasteiger partial charge in [0.2, 0.25) is 5.91 Å². The average Bonchev–Trinajstić information content (AvgIpc) is 2.99. The molecule has 0 saturated heterocycles. The third-order valence-electron chi connectivity index (χ3n) is 4.44. The van der Waals surface area contributed by atoms with E-state index in [9.17, 15) is 4.79 Å². The van der Waals surface area contributed by atoms with Crippen molar-refractivity contribution in [3.05, 3.63) is 60.4 Å². The Kier molecular flexibility index (Phi) is 5.89. The summed E-state index contributed by atoms with van der Waals surface area (Å²) in [6, 6.07) is 18.0. The van der Waals surface area contributed by atoms with Gasteiger partial charge in [0.15, 0.2) is 0 Å². The molecule has 0 saturated carbocycles. The predicted molar refractivity (Wildman–Crippen MR) is 103 cm³/mol. The lowest BCUT2D eigenvalue weighted by Gasteiger charge is -2.16. The van der Waals surface area contributed by atoms with Crippen molar-refractivity contribution in [2.24, 2.45) is 0 Å². The largest absolute Gasteiger partial charge is 0.494 e. The van der Waals surface area contributed by atoms with E-state index in [-0.39, 0.29) is 5.91 Å². The van der Waals surface area contributed by atoms with E-state index in [1.165, 1.54) is 0 Å². The van der Waals surface area contributed by atoms with Gasteiger partial charge in [-0.25, -0.2) is 4.98 Å². The van der Waals surface area contributed by atoms with Crippen molar-refractivity contribution in [2.45, 2.75) is 32.9 Å². The Morgan fingerprint density at radius 2 is 1.81 bits per heavy atom. The molecule has 5 nitrogen and oxygen atoms in total. The van der Waals surface area contributed by atoms with Gasteiger partial charge in [0.05, 0.1) is 24.2 Å². The van der Waals surface area contributed by atoms with Crippen LogP contribution >= 0.6 is 0 Å². The third-order valence-corrected chi connectivity index (χ3v) is 4.44. The number of unbranched alkanes of at least 4 members (excludes halogenated alkanes) is 1. The Hall–Kier alpha value is -2.82. The molecule has 0 spiro atoms. The lowest BCUT2D eigenvalue weighted by atomic mass is 10.3. The smallest absolute Gasteiger partial charge is 0.219 e. The van der Waals surface area contributed by atoms with Gasteiger partial charge in [0.25, 0.3) is 0 Å². The lowest BCUT2D eigenvalue weighted by Crippen LogP contribution is -2.25. The number of carbonyl (C=O) groups is 1. The van der Waals surface area contributed by atoms with Crippen molar-refractivity contribution >= 4 is 16.9 Å². The number of imidazole rings is 1. The maximum Gasteiger partial charge on any atom is 0.219 e. The normalized spacial score (nSPS) is 10.8. The Morgan fingerprint density at radius 3 is 2.58 bits per heavy atom. The van der Waals surface area contributed by atoms with Gasteiger partial charge in [0, 0.05) is 20.5 Å². The predicted octanol–water partition coefficient (Wildman–Crippen LogP) is 3.87. The van der Waals surface area contributed by atoms with E-state index >= 15 is 0 Å². The van der Waals surface area contributed by atoms with Crippen molar-refractivity contribution in [2.75, 3.05) is 13.7 Å². The van der Waals surface area contributed by atoms with E-state index in [2.05, 4.69) is 10.6 Å². The zero-order valence-electron chi connectivity index (χ0n) is 15.4. The molecular formula is C21H25N3O2. The second-order valence-corrected chi connectivity index (χ2v) is 6.41. The second kappa shape index (κ2) is 8.52. The van der Waals surface area contributed by atoms with Crippen LogP contribution < -0.4 is 4.74 Å². The van der Waals surface area contributed by atoms with Gasteiger partial charge in [-0.15, -0.1) is 0 Å². The number of benzene rings is 2. The fourth-order valence-electron chi connectivity index (χ4n) is 2.90. The lowest BCUT2D eigenvalue weighted by molar-refractivity contribution is -0.128. The highest BCUT2D eigenvalue weighted by Crippen LogP contribution is 2.18. The van der Waals surface area contributed by atoms with Crippen molar-refractivity contribution < 1.29 is 9.53 Å². The molecule has 0 aliphatic carbocycles. The summed E-state index contributed by atoms with van der Waals surface area (Å²) < 4.78 is 7.98. The molecule has 5 heteroatoms. The number of hydrogen-bond acceptors (Lipinski definition) is 3. The minimum atomic E-state index is 0.0415. The number of ether oxygens (including phenoxy) is 1. The van der Waals surface area contributed by atoms with Crippen LogP contribution in [0.2, 0.25) is 0 Å². The molecule has 1 aromatic heterocycles. The Balaban J connectivity index is 1.63. The van der Waals surface area contributed by atoms with Crippen LogP contribution in [0.1, 0.15) is 25.6 Å². The van der Waals surface area contributed by atoms with E-state index in [4.69, 9.17) is 9.72 Å². The fourth-order valence-corrected chi connectivity index (χ4v) is 2.90. The molecule has 2 aromatic carbocycles. The number of para-hydroxylation sites is 3. The van der Waals surface area contributed by atoms with Crippen molar-refractivity contribution in [3.8, 4) is 5.75 Å². The molecular weight excluding hydrogens is 326 g/mol. The van der Waals surface area contributed by atoms with Crippen LogP contribution in [0.5, 0.6) is 5.75 Å². The van der Waals surface area contributed by atoms with E-state index in [1.807, 2.05) is 48.5 Å². The van der Waals surface area contributed by atoms with E-state index in [0.29, 0.717) is 13.2 Å². The highest BCUT2D eigenvalue weighted by Gasteiger charge is 2.13. The minimum Gasteiger partial charge on any atom is -0.494 e. The number of amides is 1. The van der Waals surface area contributed by atoms with Crippen molar-refractivity contribution in [1.29, 1.82) is 0 Å². The van der Waals surface area contributed by atoms with E-state index in [1.54, 1.807) is 18.9 Å². The van der Waals surface area contributed by atoms with Crippen LogP contribution in [0.4, 0.5) is 0 Å². The molecule has 3 rings (SSSR count). The van der Waals surface area contributed by atoms with E-state index in [0.717, 1.165) is 42.0 Å². The molecule has 0 radical (unpaired) electrons. The van der Waals surface area contributed by atoms with Gasteiger partial charge in [-0.3, -0.25) is 4.79 Å². The summed E-state index contributed by atoms with van der Waals surface area (Å²) in [6.07, 6.45) is 1.95. The summed E-state index contributed by atoms with van der Waals surface area (Å²) in [7, 11) is 1.81. The number of aryl methyl sites for hydroxylation is 1. The number of nitrogens with zero attached hydrogens (tertiary/aromatic N) is 3. The molecule has 1 heterocycles. The van der Waals surface area contributed by atoms with Crippen molar-refractivity contribution in [1.82, 2.24) is 14.5 Å². The molecule has 0 atom stereocenters. The number of aromatic nitrogens is 2. The standard InChI is InChI=1S/C21H25N3O2/c1-17(25)23(2)16-21-22-19-12-6-7-13-20(19)24(21)14-8-9-15-26-18-10-4-3-5-11-18/h3-7,10-13H,8-9,14-16H2,1-2H3. The highest BCUT2D eigenvalue weighted by molar-refractivity contribution is 5.76. The first-order valence-corrected chi connectivity index (χ1v) is 8.99. The zero-order chi connectivity index (χ0) is 18.4. The monoisotopic (exact) mass is 351 g/mol. The molecule has 26 heavy (non-hydrogen) atoms. The first kappa shape index (κ1) is 18.0. The number of fused-ring (bicyclic) bond motifs is 1. The fraction of sp³-hybridized carbons (Fsp3) is 0.333. The molecule has 0 aliphatic rings. The molecule has 0 fully saturated rings. The molecule has 0 unspecified atom stereocenters. The summed E-state index contributed by atoms with van der Waals surface area (Å²) in [5, 5.41) is 0. The molecule has 0 bridgehead atoms. The van der Waals surface area contributed by atoms with E-state index < -0.39 is 0 Å². The number of hydrogen-bond donors (Lipinski definition) is 0. The van der Waals surface area contributed by atoms with Gasteiger partial charge in [0.1, 0.15) is 11.6 Å². The molecule has 0 aliphatic heterocycles. The van der Waals surface area contributed by atoms with Gasteiger partial charge >= 0.3 is 0 Å². The van der Waals surface area contributed by atoms with Crippen LogP contribution in [0.3, 0.4) is 0 Å². The number of carbonyl (C=O) groups excluding carboxylic acids is 1. The van der Waals surface area contributed by atoms with Crippen LogP contribution in [-0.4, -0.2) is 34.0 Å². The molecule has 3 aromatic rings. The van der Waals surface area contributed by atoms with Crippen LogP contribution in [-0.2, 0) is 17.9 Å². The summed E-state index contributed by atoms with van der Waals surface area (Å²) in [5.74, 6) is 1.87. The Bertz CT molecular complexity index is 858. The average molecular weight is 351 g/mol. The number of rotatable bonds is 8. The SMILES string of the molecule is CC(=O)N(C)Cc1nc2ccccc2n1CCCCOc1ccccc1. The first-order valence-electron chi connectivity index (χ1n) is 8.99. The van der Waals surface area contributed by atoms with Crippen LogP contribution in [0.25, 0.3) is 11.0 Å². The van der Waals surface area contributed by atoms with Gasteiger partial charge < -0.3 is 14.2 Å². The maximum atomic E-state index is 11.6. The summed E-state index contributed by atoms with van der Waals surface area (Å²) >= 11 is 0. The first-order chi connectivity index (χ1) is 12.6. The molecule has 1 amide bonds. The summed E-state index contributed by atoms with van der Waals surface area (Å²) in [5.41, 5.74) is 2.09. The topological polar surface area (TPSA) is 47.4 Å².